The van der Waals surface area contributed by atoms with Crippen molar-refractivity contribution in [2.45, 2.75) is 45.4 Å². The fourth-order valence-electron chi connectivity index (χ4n) is 1.97. The van der Waals surface area contributed by atoms with Crippen molar-refractivity contribution in [1.82, 2.24) is 4.72 Å². The summed E-state index contributed by atoms with van der Waals surface area (Å²) in [5.41, 5.74) is 2.29. The molecule has 3 nitrogen and oxygen atoms in total. The zero-order chi connectivity index (χ0) is 17.0. The van der Waals surface area contributed by atoms with Crippen molar-refractivity contribution in [3.05, 3.63) is 59.7 Å². The monoisotopic (exact) mass is 331 g/mol. The molecule has 0 aliphatic carbocycles. The van der Waals surface area contributed by atoms with Gasteiger partial charge in [-0.2, -0.15) is 0 Å². The molecule has 2 aromatic carbocycles. The Balaban J connectivity index is 2.00. The number of aryl methyl sites for hydroxylation is 1. The molecule has 2 atom stereocenters. The zero-order valence-electron chi connectivity index (χ0n) is 14.4. The minimum absolute atomic E-state index is 0.0171. The number of rotatable bonds is 5. The number of hydrogen-bond donors (Lipinski definition) is 1. The van der Waals surface area contributed by atoms with Crippen molar-refractivity contribution in [1.29, 1.82) is 0 Å². The Kier molecular flexibility index (Phi) is 5.74. The molecule has 2 rings (SSSR count). The van der Waals surface area contributed by atoms with Gasteiger partial charge in [0.2, 0.25) is 0 Å². The summed E-state index contributed by atoms with van der Waals surface area (Å²) in [5.74, 6) is 1.62. The Bertz CT molecular complexity index is 617. The Morgan fingerprint density at radius 1 is 0.957 bits per heavy atom. The summed E-state index contributed by atoms with van der Waals surface area (Å²) in [7, 11) is 0. The van der Waals surface area contributed by atoms with Gasteiger partial charge in [0.1, 0.15) is 16.2 Å². The Labute approximate surface area is 142 Å². The van der Waals surface area contributed by atoms with Crippen molar-refractivity contribution in [2.75, 3.05) is 0 Å². The molecule has 0 saturated heterocycles. The van der Waals surface area contributed by atoms with Crippen molar-refractivity contribution in [2.24, 2.45) is 0 Å². The van der Waals surface area contributed by atoms with Gasteiger partial charge in [0.15, 0.2) is 0 Å². The van der Waals surface area contributed by atoms with E-state index in [0.29, 0.717) is 0 Å². The lowest BCUT2D eigenvalue weighted by atomic mass is 10.1. The van der Waals surface area contributed by atoms with E-state index in [2.05, 4.69) is 11.6 Å². The maximum atomic E-state index is 12.2. The quantitative estimate of drug-likeness (QED) is 0.793. The number of hydrogen-bond acceptors (Lipinski definition) is 3. The second-order valence-electron chi connectivity index (χ2n) is 6.70. The minimum Gasteiger partial charge on any atom is -0.598 e. The van der Waals surface area contributed by atoms with Crippen molar-refractivity contribution < 1.29 is 9.29 Å². The van der Waals surface area contributed by atoms with Gasteiger partial charge in [-0.05, 0) is 64.4 Å². The Morgan fingerprint density at radius 2 is 1.43 bits per heavy atom. The van der Waals surface area contributed by atoms with Crippen LogP contribution in [0.2, 0.25) is 0 Å². The summed E-state index contributed by atoms with van der Waals surface area (Å²) >= 11 is -1.09. The standard InChI is InChI=1S/C19H25NO2S/c1-14-6-10-17(11-7-14)22-18-12-8-16(9-13-18)15(2)20-23(21)19(3,4)5/h6-13,15,20H,1-5H3/t15-,23?/m0/s1. The summed E-state index contributed by atoms with van der Waals surface area (Å²) < 4.78 is 20.9. The van der Waals surface area contributed by atoms with Crippen molar-refractivity contribution >= 4 is 11.4 Å². The van der Waals surface area contributed by atoms with Gasteiger partial charge in [-0.1, -0.05) is 29.8 Å². The van der Waals surface area contributed by atoms with Crippen LogP contribution in [0, 0.1) is 6.92 Å². The van der Waals surface area contributed by atoms with Gasteiger partial charge >= 0.3 is 0 Å². The zero-order valence-corrected chi connectivity index (χ0v) is 15.2. The molecule has 23 heavy (non-hydrogen) atoms. The fourth-order valence-corrected chi connectivity index (χ4v) is 2.78. The molecule has 0 bridgehead atoms. The molecule has 0 amide bonds. The Morgan fingerprint density at radius 3 is 1.91 bits per heavy atom. The van der Waals surface area contributed by atoms with Crippen LogP contribution in [0.4, 0.5) is 0 Å². The third-order valence-corrected chi connectivity index (χ3v) is 5.16. The molecule has 124 valence electrons. The van der Waals surface area contributed by atoms with E-state index in [1.165, 1.54) is 5.56 Å². The molecule has 0 heterocycles. The number of nitrogens with one attached hydrogen (secondary N) is 1. The second-order valence-corrected chi connectivity index (χ2v) is 8.70. The van der Waals surface area contributed by atoms with E-state index in [9.17, 15) is 4.55 Å². The molecule has 0 aliphatic rings. The molecular weight excluding hydrogens is 306 g/mol. The predicted octanol–water partition coefficient (Wildman–Crippen LogP) is 4.90. The number of benzene rings is 2. The van der Waals surface area contributed by atoms with Gasteiger partial charge in [-0.15, -0.1) is 4.72 Å². The summed E-state index contributed by atoms with van der Waals surface area (Å²) in [6.07, 6.45) is 0. The summed E-state index contributed by atoms with van der Waals surface area (Å²) in [6.45, 7) is 9.94. The lowest BCUT2D eigenvalue weighted by molar-refractivity contribution is 0.482. The average molecular weight is 331 g/mol. The molecule has 4 heteroatoms. The highest BCUT2D eigenvalue weighted by atomic mass is 32.2. The van der Waals surface area contributed by atoms with E-state index in [0.717, 1.165) is 17.1 Å². The SMILES string of the molecule is Cc1ccc(Oc2ccc([C@H](C)N[S+]([O-])C(C)(C)C)cc2)cc1. The molecule has 1 unspecified atom stereocenters. The Hall–Kier alpha value is -1.49. The van der Waals surface area contributed by atoms with Crippen LogP contribution in [0.15, 0.2) is 48.5 Å². The highest BCUT2D eigenvalue weighted by Gasteiger charge is 2.28. The maximum absolute atomic E-state index is 12.2. The molecule has 0 radical (unpaired) electrons. The molecule has 0 fully saturated rings. The fraction of sp³-hybridized carbons (Fsp3) is 0.368. The van der Waals surface area contributed by atoms with Crippen LogP contribution in [0.25, 0.3) is 0 Å². The third-order valence-electron chi connectivity index (χ3n) is 3.48. The van der Waals surface area contributed by atoms with Gasteiger partial charge in [-0.3, -0.25) is 0 Å². The third kappa shape index (κ3) is 5.27. The van der Waals surface area contributed by atoms with Crippen LogP contribution in [-0.2, 0) is 11.4 Å². The molecule has 0 aliphatic heterocycles. The van der Waals surface area contributed by atoms with Gasteiger partial charge in [0.25, 0.3) is 0 Å². The first-order valence-electron chi connectivity index (χ1n) is 7.78. The first-order valence-corrected chi connectivity index (χ1v) is 8.93. The number of ether oxygens (including phenoxy) is 1. The minimum atomic E-state index is -1.09. The van der Waals surface area contributed by atoms with Crippen LogP contribution < -0.4 is 9.46 Å². The summed E-state index contributed by atoms with van der Waals surface area (Å²) in [4.78, 5) is 0. The van der Waals surface area contributed by atoms with E-state index in [-0.39, 0.29) is 10.8 Å². The van der Waals surface area contributed by atoms with E-state index in [1.54, 1.807) is 0 Å². The van der Waals surface area contributed by atoms with Gasteiger partial charge in [0.05, 0.1) is 6.04 Å². The largest absolute Gasteiger partial charge is 0.598 e. The first kappa shape index (κ1) is 17.9. The first-order chi connectivity index (χ1) is 10.8. The van der Waals surface area contributed by atoms with Crippen LogP contribution >= 0.6 is 0 Å². The van der Waals surface area contributed by atoms with Crippen molar-refractivity contribution in [3.63, 3.8) is 0 Å². The van der Waals surface area contributed by atoms with E-state index >= 15 is 0 Å². The average Bonchev–Trinajstić information content (AvgIpc) is 2.49. The lowest BCUT2D eigenvalue weighted by Crippen LogP contribution is -2.40. The molecule has 1 N–H and O–H groups in total. The van der Waals surface area contributed by atoms with E-state index < -0.39 is 11.4 Å². The highest BCUT2D eigenvalue weighted by Crippen LogP contribution is 2.25. The molecule has 0 aromatic heterocycles. The van der Waals surface area contributed by atoms with Gasteiger partial charge in [-0.25, -0.2) is 0 Å². The van der Waals surface area contributed by atoms with Gasteiger partial charge in [0, 0.05) is 11.4 Å². The van der Waals surface area contributed by atoms with Crippen LogP contribution in [0.3, 0.4) is 0 Å². The molecule has 2 aromatic rings. The van der Waals surface area contributed by atoms with Crippen LogP contribution in [0.1, 0.15) is 44.9 Å². The van der Waals surface area contributed by atoms with Crippen molar-refractivity contribution in [3.8, 4) is 11.5 Å². The van der Waals surface area contributed by atoms with Gasteiger partial charge < -0.3 is 9.29 Å². The molecule has 0 spiro atoms. The molecular formula is C19H25NO2S. The lowest BCUT2D eigenvalue weighted by Gasteiger charge is -2.26. The topological polar surface area (TPSA) is 44.3 Å². The highest BCUT2D eigenvalue weighted by molar-refractivity contribution is 7.90. The predicted molar refractivity (Wildman–Crippen MR) is 97.1 cm³/mol. The molecule has 0 saturated carbocycles. The summed E-state index contributed by atoms with van der Waals surface area (Å²) in [6, 6.07) is 15.9. The van der Waals surface area contributed by atoms with E-state index in [4.69, 9.17) is 4.74 Å². The smallest absolute Gasteiger partial charge is 0.136 e. The van der Waals surface area contributed by atoms with Crippen LogP contribution in [0.5, 0.6) is 11.5 Å². The van der Waals surface area contributed by atoms with E-state index in [1.807, 2.05) is 76.2 Å². The summed E-state index contributed by atoms with van der Waals surface area (Å²) in [5, 5.41) is 0. The van der Waals surface area contributed by atoms with Crippen LogP contribution in [-0.4, -0.2) is 9.30 Å². The normalized spacial score (nSPS) is 14.3. The maximum Gasteiger partial charge on any atom is 0.136 e. The second kappa shape index (κ2) is 7.39.